The van der Waals surface area contributed by atoms with Gasteiger partial charge < -0.3 is 20.3 Å². The van der Waals surface area contributed by atoms with Crippen LogP contribution in [-0.4, -0.2) is 22.9 Å². The van der Waals surface area contributed by atoms with E-state index in [0.29, 0.717) is 12.4 Å². The van der Waals surface area contributed by atoms with E-state index < -0.39 is 0 Å². The van der Waals surface area contributed by atoms with Crippen molar-refractivity contribution < 1.29 is 14.9 Å². The SMILES string of the molecule is Cc1ccc2c(c1)[C@@H]1c3cc(O)c(O)cc3OC[C@H]1NC2. The summed E-state index contributed by atoms with van der Waals surface area (Å²) >= 11 is 0. The molecule has 0 fully saturated rings. The van der Waals surface area contributed by atoms with Crippen LogP contribution in [0.3, 0.4) is 0 Å². The maximum absolute atomic E-state index is 9.84. The molecule has 3 N–H and O–H groups in total. The van der Waals surface area contributed by atoms with Crippen LogP contribution in [0.15, 0.2) is 30.3 Å². The van der Waals surface area contributed by atoms with E-state index in [4.69, 9.17) is 4.74 Å². The standard InChI is InChI=1S/C17H17NO3/c1-9-2-3-10-7-18-13-8-21-16-6-15(20)14(19)5-12(16)17(13)11(10)4-9/h2-6,13,17-20H,7-8H2,1H3/t13-,17-/m1/s1. The molecule has 108 valence electrons. The van der Waals surface area contributed by atoms with Gasteiger partial charge in [0.2, 0.25) is 0 Å². The Labute approximate surface area is 123 Å². The van der Waals surface area contributed by atoms with Gasteiger partial charge in [0.15, 0.2) is 11.5 Å². The second-order valence-electron chi connectivity index (χ2n) is 5.86. The molecule has 2 aromatic rings. The van der Waals surface area contributed by atoms with Crippen molar-refractivity contribution >= 4 is 0 Å². The lowest BCUT2D eigenvalue weighted by Gasteiger charge is -2.39. The molecule has 0 aliphatic carbocycles. The van der Waals surface area contributed by atoms with E-state index in [1.54, 1.807) is 6.07 Å². The van der Waals surface area contributed by atoms with Gasteiger partial charge in [-0.1, -0.05) is 23.8 Å². The monoisotopic (exact) mass is 283 g/mol. The van der Waals surface area contributed by atoms with Crippen LogP contribution in [0, 0.1) is 6.92 Å². The average Bonchev–Trinajstić information content (AvgIpc) is 2.48. The fraction of sp³-hybridized carbons (Fsp3) is 0.294. The maximum atomic E-state index is 9.84. The summed E-state index contributed by atoms with van der Waals surface area (Å²) in [4.78, 5) is 0. The summed E-state index contributed by atoms with van der Waals surface area (Å²) in [5, 5.41) is 23.0. The number of ether oxygens (including phenoxy) is 1. The number of phenolic OH excluding ortho intramolecular Hbond substituents is 2. The minimum Gasteiger partial charge on any atom is -0.504 e. The number of rotatable bonds is 0. The summed E-state index contributed by atoms with van der Waals surface area (Å²) in [6.07, 6.45) is 0. The lowest BCUT2D eigenvalue weighted by atomic mass is 9.78. The first-order chi connectivity index (χ1) is 10.1. The summed E-state index contributed by atoms with van der Waals surface area (Å²) < 4.78 is 5.74. The third kappa shape index (κ3) is 1.87. The molecule has 0 bridgehead atoms. The molecule has 2 aliphatic heterocycles. The Balaban J connectivity index is 1.92. The van der Waals surface area contributed by atoms with Crippen LogP contribution in [0.25, 0.3) is 0 Å². The molecule has 0 radical (unpaired) electrons. The van der Waals surface area contributed by atoms with Crippen LogP contribution in [0.1, 0.15) is 28.2 Å². The highest BCUT2D eigenvalue weighted by Crippen LogP contribution is 2.45. The predicted octanol–water partition coefficient (Wildman–Crippen LogP) is 2.40. The second kappa shape index (κ2) is 4.40. The molecule has 2 aromatic carbocycles. The quantitative estimate of drug-likeness (QED) is 0.650. The molecule has 4 nitrogen and oxygen atoms in total. The molecular weight excluding hydrogens is 266 g/mol. The Morgan fingerprint density at radius 3 is 2.76 bits per heavy atom. The summed E-state index contributed by atoms with van der Waals surface area (Å²) in [6.45, 7) is 3.49. The highest BCUT2D eigenvalue weighted by molar-refractivity contribution is 5.56. The first-order valence-corrected chi connectivity index (χ1v) is 7.15. The van der Waals surface area contributed by atoms with Gasteiger partial charge >= 0.3 is 0 Å². The number of hydrogen-bond donors (Lipinski definition) is 3. The summed E-state index contributed by atoms with van der Waals surface area (Å²) in [5.41, 5.74) is 4.72. The number of hydrogen-bond acceptors (Lipinski definition) is 4. The molecule has 2 atom stereocenters. The topological polar surface area (TPSA) is 61.7 Å². The molecule has 0 spiro atoms. The molecule has 0 amide bonds. The zero-order valence-corrected chi connectivity index (χ0v) is 11.8. The first-order valence-electron chi connectivity index (χ1n) is 7.15. The minimum absolute atomic E-state index is 0.0993. The normalized spacial score (nSPS) is 22.7. The highest BCUT2D eigenvalue weighted by Gasteiger charge is 2.36. The van der Waals surface area contributed by atoms with Crippen LogP contribution >= 0.6 is 0 Å². The lowest BCUT2D eigenvalue weighted by Crippen LogP contribution is -2.46. The number of fused-ring (bicyclic) bond motifs is 5. The van der Waals surface area contributed by atoms with Crippen LogP contribution in [0.2, 0.25) is 0 Å². The second-order valence-corrected chi connectivity index (χ2v) is 5.86. The summed E-state index contributed by atoms with van der Waals surface area (Å²) in [5.74, 6) is 0.560. The Morgan fingerprint density at radius 2 is 1.90 bits per heavy atom. The zero-order chi connectivity index (χ0) is 14.6. The van der Waals surface area contributed by atoms with Gasteiger partial charge in [0.25, 0.3) is 0 Å². The van der Waals surface area contributed by atoms with E-state index in [2.05, 4.69) is 30.4 Å². The van der Waals surface area contributed by atoms with Gasteiger partial charge in [0.05, 0.1) is 6.04 Å². The Morgan fingerprint density at radius 1 is 1.10 bits per heavy atom. The Bertz CT molecular complexity index is 726. The largest absolute Gasteiger partial charge is 0.504 e. The van der Waals surface area contributed by atoms with Crippen molar-refractivity contribution in [3.05, 3.63) is 52.6 Å². The molecule has 4 rings (SSSR count). The highest BCUT2D eigenvalue weighted by atomic mass is 16.5. The molecule has 2 aliphatic rings. The number of nitrogens with one attached hydrogen (secondary N) is 1. The van der Waals surface area contributed by atoms with E-state index >= 15 is 0 Å². The molecule has 0 aromatic heterocycles. The van der Waals surface area contributed by atoms with Crippen LogP contribution < -0.4 is 10.1 Å². The van der Waals surface area contributed by atoms with Crippen molar-refractivity contribution in [2.24, 2.45) is 0 Å². The number of phenols is 2. The lowest BCUT2D eigenvalue weighted by molar-refractivity contribution is 0.214. The van der Waals surface area contributed by atoms with Gasteiger partial charge in [-0.2, -0.15) is 0 Å². The average molecular weight is 283 g/mol. The van der Waals surface area contributed by atoms with Gasteiger partial charge in [0, 0.05) is 24.1 Å². The number of benzene rings is 2. The van der Waals surface area contributed by atoms with Crippen molar-refractivity contribution in [1.29, 1.82) is 0 Å². The molecule has 4 heteroatoms. The van der Waals surface area contributed by atoms with E-state index in [1.807, 2.05) is 0 Å². The van der Waals surface area contributed by atoms with Crippen molar-refractivity contribution in [3.63, 3.8) is 0 Å². The smallest absolute Gasteiger partial charge is 0.161 e. The van der Waals surface area contributed by atoms with Crippen molar-refractivity contribution in [2.75, 3.05) is 6.61 Å². The predicted molar refractivity (Wildman–Crippen MR) is 78.9 cm³/mol. The Hall–Kier alpha value is -2.20. The molecular formula is C17H17NO3. The summed E-state index contributed by atoms with van der Waals surface area (Å²) in [7, 11) is 0. The third-order valence-corrected chi connectivity index (χ3v) is 4.45. The van der Waals surface area contributed by atoms with Crippen molar-refractivity contribution in [3.8, 4) is 17.2 Å². The first kappa shape index (κ1) is 12.5. The van der Waals surface area contributed by atoms with Gasteiger partial charge in [-0.3, -0.25) is 0 Å². The van der Waals surface area contributed by atoms with E-state index in [9.17, 15) is 10.2 Å². The van der Waals surface area contributed by atoms with Gasteiger partial charge in [-0.25, -0.2) is 0 Å². The zero-order valence-electron chi connectivity index (χ0n) is 11.8. The fourth-order valence-corrected chi connectivity index (χ4v) is 3.40. The number of aromatic hydroxyl groups is 2. The molecule has 2 heterocycles. The van der Waals surface area contributed by atoms with Crippen LogP contribution in [0.4, 0.5) is 0 Å². The number of aryl methyl sites for hydroxylation is 1. The van der Waals surface area contributed by atoms with Gasteiger partial charge in [-0.15, -0.1) is 0 Å². The van der Waals surface area contributed by atoms with E-state index in [1.165, 1.54) is 22.8 Å². The Kier molecular flexibility index (Phi) is 2.62. The van der Waals surface area contributed by atoms with E-state index in [0.717, 1.165) is 12.1 Å². The molecule has 0 saturated carbocycles. The molecule has 0 saturated heterocycles. The summed E-state index contributed by atoms with van der Waals surface area (Å²) in [6, 6.07) is 9.81. The van der Waals surface area contributed by atoms with Gasteiger partial charge in [-0.05, 0) is 24.1 Å². The fourth-order valence-electron chi connectivity index (χ4n) is 3.40. The van der Waals surface area contributed by atoms with E-state index in [-0.39, 0.29) is 23.5 Å². The van der Waals surface area contributed by atoms with Crippen LogP contribution in [0.5, 0.6) is 17.2 Å². The van der Waals surface area contributed by atoms with Crippen molar-refractivity contribution in [2.45, 2.75) is 25.4 Å². The van der Waals surface area contributed by atoms with Gasteiger partial charge in [0.1, 0.15) is 12.4 Å². The molecule has 0 unspecified atom stereocenters. The minimum atomic E-state index is -0.138. The maximum Gasteiger partial charge on any atom is 0.161 e. The van der Waals surface area contributed by atoms with Crippen molar-refractivity contribution in [1.82, 2.24) is 5.32 Å². The van der Waals surface area contributed by atoms with Crippen LogP contribution in [-0.2, 0) is 6.54 Å². The third-order valence-electron chi connectivity index (χ3n) is 4.45. The molecule has 21 heavy (non-hydrogen) atoms.